The summed E-state index contributed by atoms with van der Waals surface area (Å²) in [5.41, 5.74) is 1.63. The number of hydrogen-bond donors (Lipinski definition) is 0. The van der Waals surface area contributed by atoms with Crippen LogP contribution in [0.25, 0.3) is 0 Å². The highest BCUT2D eigenvalue weighted by Crippen LogP contribution is 2.31. The summed E-state index contributed by atoms with van der Waals surface area (Å²) >= 11 is 0. The van der Waals surface area contributed by atoms with Gasteiger partial charge in [0.05, 0.1) is 23.1 Å². The zero-order chi connectivity index (χ0) is 14.2. The molecule has 1 aliphatic heterocycles. The second kappa shape index (κ2) is 4.73. The van der Waals surface area contributed by atoms with Crippen molar-refractivity contribution in [3.05, 3.63) is 47.8 Å². The van der Waals surface area contributed by atoms with E-state index in [-0.39, 0.29) is 0 Å². The molecule has 20 heavy (non-hydrogen) atoms. The van der Waals surface area contributed by atoms with Crippen LogP contribution in [0.3, 0.4) is 0 Å². The lowest BCUT2D eigenvalue weighted by atomic mass is 10.1. The summed E-state index contributed by atoms with van der Waals surface area (Å²) in [6.07, 6.45) is 1.79. The van der Waals surface area contributed by atoms with Gasteiger partial charge in [0, 0.05) is 37.5 Å². The van der Waals surface area contributed by atoms with Crippen molar-refractivity contribution in [2.75, 3.05) is 11.4 Å². The first kappa shape index (κ1) is 12.8. The van der Waals surface area contributed by atoms with E-state index < -0.39 is 11.7 Å². The number of rotatable bonds is 1. The molecule has 0 spiro atoms. The summed E-state index contributed by atoms with van der Waals surface area (Å²) in [6, 6.07) is 1.13. The fourth-order valence-electron chi connectivity index (χ4n) is 2.24. The third kappa shape index (κ3) is 2.43. The fraction of sp³-hybridized carbons (Fsp3) is 0.308. The highest BCUT2D eigenvalue weighted by Gasteiger charge is 2.31. The van der Waals surface area contributed by atoms with Crippen molar-refractivity contribution < 1.29 is 13.2 Å². The van der Waals surface area contributed by atoms with Crippen LogP contribution in [0.4, 0.5) is 18.9 Å². The van der Waals surface area contributed by atoms with Crippen LogP contribution in [0.2, 0.25) is 0 Å². The highest BCUT2D eigenvalue weighted by atomic mass is 19.4. The molecule has 2 aromatic rings. The molecule has 3 heterocycles. The molecule has 3 rings (SSSR count). The topological polar surface area (TPSA) is 41.9 Å². The zero-order valence-electron chi connectivity index (χ0n) is 10.4. The molecule has 0 unspecified atom stereocenters. The molecule has 0 radical (unpaired) electrons. The minimum atomic E-state index is -4.38. The van der Waals surface area contributed by atoms with Crippen LogP contribution in [-0.2, 0) is 19.1 Å². The molecule has 0 fully saturated rings. The second-order valence-electron chi connectivity index (χ2n) is 4.60. The SMILES string of the molecule is FC(F)(F)c1cncc(N2CCc3ncncc3C2)c1. The molecule has 104 valence electrons. The Labute approximate surface area is 113 Å². The third-order valence-electron chi connectivity index (χ3n) is 3.28. The summed E-state index contributed by atoms with van der Waals surface area (Å²) in [5, 5.41) is 0. The van der Waals surface area contributed by atoms with Gasteiger partial charge in [-0.2, -0.15) is 13.2 Å². The number of halogens is 3. The average Bonchev–Trinajstić information content (AvgIpc) is 2.46. The van der Waals surface area contributed by atoms with E-state index in [1.165, 1.54) is 12.5 Å². The number of hydrogen-bond acceptors (Lipinski definition) is 4. The van der Waals surface area contributed by atoms with Gasteiger partial charge in [0.25, 0.3) is 0 Å². The predicted octanol–water partition coefficient (Wildman–Crippen LogP) is 2.45. The zero-order valence-corrected chi connectivity index (χ0v) is 10.4. The van der Waals surface area contributed by atoms with Crippen molar-refractivity contribution >= 4 is 5.69 Å². The smallest absolute Gasteiger partial charge is 0.365 e. The van der Waals surface area contributed by atoms with Gasteiger partial charge in [-0.15, -0.1) is 0 Å². The summed E-state index contributed by atoms with van der Waals surface area (Å²) < 4.78 is 38.1. The van der Waals surface area contributed by atoms with Crippen molar-refractivity contribution in [2.24, 2.45) is 0 Å². The Kier molecular flexibility index (Phi) is 3.04. The maximum Gasteiger partial charge on any atom is 0.417 e. The third-order valence-corrected chi connectivity index (χ3v) is 3.28. The fourth-order valence-corrected chi connectivity index (χ4v) is 2.24. The first-order valence-corrected chi connectivity index (χ1v) is 6.09. The molecule has 4 nitrogen and oxygen atoms in total. The van der Waals surface area contributed by atoms with Crippen molar-refractivity contribution in [1.29, 1.82) is 0 Å². The van der Waals surface area contributed by atoms with E-state index >= 15 is 0 Å². The highest BCUT2D eigenvalue weighted by molar-refractivity contribution is 5.48. The molecule has 0 N–H and O–H groups in total. The second-order valence-corrected chi connectivity index (χ2v) is 4.60. The molecular weight excluding hydrogens is 269 g/mol. The van der Waals surface area contributed by atoms with Gasteiger partial charge in [-0.3, -0.25) is 4.98 Å². The number of anilines is 1. The van der Waals surface area contributed by atoms with Gasteiger partial charge in [0.1, 0.15) is 6.33 Å². The quantitative estimate of drug-likeness (QED) is 0.804. The Morgan fingerprint density at radius 3 is 2.75 bits per heavy atom. The minimum absolute atomic E-state index is 0.467. The number of nitrogens with zero attached hydrogens (tertiary/aromatic N) is 4. The van der Waals surface area contributed by atoms with Crippen LogP contribution in [0, 0.1) is 0 Å². The Bertz CT molecular complexity index is 627. The van der Waals surface area contributed by atoms with Crippen LogP contribution in [-0.4, -0.2) is 21.5 Å². The number of pyridine rings is 1. The Morgan fingerprint density at radius 1 is 1.10 bits per heavy atom. The number of aromatic nitrogens is 3. The van der Waals surface area contributed by atoms with Crippen molar-refractivity contribution in [2.45, 2.75) is 19.1 Å². The van der Waals surface area contributed by atoms with Gasteiger partial charge in [-0.25, -0.2) is 9.97 Å². The van der Waals surface area contributed by atoms with Crippen LogP contribution in [0.1, 0.15) is 16.8 Å². The number of alkyl halides is 3. The molecule has 0 aromatic carbocycles. The monoisotopic (exact) mass is 280 g/mol. The van der Waals surface area contributed by atoms with Gasteiger partial charge < -0.3 is 4.90 Å². The summed E-state index contributed by atoms with van der Waals surface area (Å²) in [5.74, 6) is 0. The van der Waals surface area contributed by atoms with Crippen molar-refractivity contribution in [3.8, 4) is 0 Å². The molecule has 0 saturated carbocycles. The Balaban J connectivity index is 1.88. The van der Waals surface area contributed by atoms with Gasteiger partial charge in [-0.1, -0.05) is 0 Å². The molecule has 2 aromatic heterocycles. The standard InChI is InChI=1S/C13H11F3N4/c14-13(15,16)10-3-11(6-17-5-10)20-2-1-12-9(7-20)4-18-8-19-12/h3-6,8H,1-2,7H2. The van der Waals surface area contributed by atoms with E-state index in [4.69, 9.17) is 0 Å². The maximum absolute atomic E-state index is 12.7. The molecule has 1 aliphatic rings. The average molecular weight is 280 g/mol. The maximum atomic E-state index is 12.7. The summed E-state index contributed by atoms with van der Waals surface area (Å²) in [4.78, 5) is 13.7. The van der Waals surface area contributed by atoms with E-state index in [0.29, 0.717) is 25.2 Å². The van der Waals surface area contributed by atoms with Crippen LogP contribution in [0.5, 0.6) is 0 Å². The van der Waals surface area contributed by atoms with E-state index in [9.17, 15) is 13.2 Å². The van der Waals surface area contributed by atoms with Crippen molar-refractivity contribution in [1.82, 2.24) is 15.0 Å². The molecule has 7 heteroatoms. The van der Waals surface area contributed by atoms with Gasteiger partial charge in [0.2, 0.25) is 0 Å². The first-order valence-electron chi connectivity index (χ1n) is 6.09. The molecular formula is C13H11F3N4. The van der Waals surface area contributed by atoms with Crippen LogP contribution in [0.15, 0.2) is 31.0 Å². The lowest BCUT2D eigenvalue weighted by Gasteiger charge is -2.29. The molecule has 0 aliphatic carbocycles. The van der Waals surface area contributed by atoms with Crippen LogP contribution < -0.4 is 4.90 Å². The molecule has 0 amide bonds. The van der Waals surface area contributed by atoms with E-state index in [0.717, 1.165) is 23.5 Å². The van der Waals surface area contributed by atoms with E-state index in [1.807, 2.05) is 4.90 Å². The molecule has 0 saturated heterocycles. The summed E-state index contributed by atoms with van der Waals surface area (Å²) in [6.45, 7) is 1.12. The molecule has 0 atom stereocenters. The predicted molar refractivity (Wildman–Crippen MR) is 66.0 cm³/mol. The summed E-state index contributed by atoms with van der Waals surface area (Å²) in [7, 11) is 0. The van der Waals surface area contributed by atoms with Gasteiger partial charge >= 0.3 is 6.18 Å². The Hall–Kier alpha value is -2.18. The van der Waals surface area contributed by atoms with E-state index in [2.05, 4.69) is 15.0 Å². The number of fused-ring (bicyclic) bond motifs is 1. The van der Waals surface area contributed by atoms with E-state index in [1.54, 1.807) is 6.20 Å². The lowest BCUT2D eigenvalue weighted by molar-refractivity contribution is -0.137. The minimum Gasteiger partial charge on any atom is -0.365 e. The Morgan fingerprint density at radius 2 is 1.95 bits per heavy atom. The normalized spacial score (nSPS) is 15.1. The van der Waals surface area contributed by atoms with Gasteiger partial charge in [-0.05, 0) is 6.07 Å². The lowest BCUT2D eigenvalue weighted by Crippen LogP contribution is -2.31. The van der Waals surface area contributed by atoms with Crippen molar-refractivity contribution in [3.63, 3.8) is 0 Å². The largest absolute Gasteiger partial charge is 0.417 e. The van der Waals surface area contributed by atoms with Gasteiger partial charge in [0.15, 0.2) is 0 Å². The van der Waals surface area contributed by atoms with Crippen LogP contribution >= 0.6 is 0 Å². The first-order chi connectivity index (χ1) is 9.54. The molecule has 0 bridgehead atoms.